The molecule has 0 aromatic heterocycles. The van der Waals surface area contributed by atoms with Crippen LogP contribution in [0.15, 0.2) is 48.5 Å². The Kier molecular flexibility index (Phi) is 4.27. The molecule has 0 spiro atoms. The van der Waals surface area contributed by atoms with Crippen LogP contribution in [0.2, 0.25) is 0 Å². The number of benzene rings is 2. The predicted molar refractivity (Wildman–Crippen MR) is 81.2 cm³/mol. The zero-order chi connectivity index (χ0) is 13.2. The van der Waals surface area contributed by atoms with Crippen LogP contribution in [0.3, 0.4) is 0 Å². The molecule has 1 amide bonds. The van der Waals surface area contributed by atoms with Crippen LogP contribution in [0.1, 0.15) is 0 Å². The number of nitrogens with two attached hydrogens (primary N) is 1. The lowest BCUT2D eigenvalue weighted by Gasteiger charge is -2.12. The lowest BCUT2D eigenvalue weighted by molar-refractivity contribution is -0.117. The van der Waals surface area contributed by atoms with Crippen molar-refractivity contribution in [1.29, 1.82) is 0 Å². The highest BCUT2D eigenvalue weighted by molar-refractivity contribution is 5.98. The number of nitrogens with one attached hydrogen (secondary N) is 1. The molecular formula is C15H15ClN2O2. The quantitative estimate of drug-likeness (QED) is 0.848. The van der Waals surface area contributed by atoms with Gasteiger partial charge in [0, 0.05) is 5.56 Å². The molecule has 3 rings (SSSR count). The van der Waals surface area contributed by atoms with Gasteiger partial charge in [-0.15, -0.1) is 12.4 Å². The highest BCUT2D eigenvalue weighted by Gasteiger charge is 2.23. The van der Waals surface area contributed by atoms with E-state index in [0.29, 0.717) is 11.4 Å². The first kappa shape index (κ1) is 14.4. The fourth-order valence-electron chi connectivity index (χ4n) is 2.11. The summed E-state index contributed by atoms with van der Waals surface area (Å²) in [5.41, 5.74) is 8.37. The molecule has 0 unspecified atom stereocenters. The van der Waals surface area contributed by atoms with Gasteiger partial charge in [0.1, 0.15) is 12.6 Å². The van der Waals surface area contributed by atoms with E-state index in [1.54, 1.807) is 0 Å². The van der Waals surface area contributed by atoms with E-state index >= 15 is 0 Å². The summed E-state index contributed by atoms with van der Waals surface area (Å²) in [5.74, 6) is 0.457. The smallest absolute Gasteiger partial charge is 0.244 e. The largest absolute Gasteiger partial charge is 0.489 e. The minimum absolute atomic E-state index is 0. The van der Waals surface area contributed by atoms with Gasteiger partial charge in [0.05, 0.1) is 5.69 Å². The molecule has 2 aromatic carbocycles. The maximum Gasteiger partial charge on any atom is 0.244 e. The molecule has 5 heteroatoms. The number of ether oxygens (including phenoxy) is 1. The molecule has 104 valence electrons. The standard InChI is InChI=1S/C15H14N2O2.ClH/c16-12-9-19-14-11(10-5-2-1-3-6-10)7-4-8-13(14)17-15(12)18;/h1-8,12H,9,16H2,(H,17,18);1H/t12-;/m0./s1. The van der Waals surface area contributed by atoms with Gasteiger partial charge in [0.2, 0.25) is 5.91 Å². The molecule has 0 radical (unpaired) electrons. The van der Waals surface area contributed by atoms with Crippen molar-refractivity contribution in [2.24, 2.45) is 5.73 Å². The maximum atomic E-state index is 11.7. The van der Waals surface area contributed by atoms with E-state index < -0.39 is 6.04 Å². The molecular weight excluding hydrogens is 276 g/mol. The van der Waals surface area contributed by atoms with E-state index in [0.717, 1.165) is 11.1 Å². The fraction of sp³-hybridized carbons (Fsp3) is 0.133. The predicted octanol–water partition coefficient (Wildman–Crippen LogP) is 2.43. The van der Waals surface area contributed by atoms with Gasteiger partial charge in [-0.05, 0) is 11.6 Å². The van der Waals surface area contributed by atoms with E-state index in [9.17, 15) is 4.79 Å². The summed E-state index contributed by atoms with van der Waals surface area (Å²) >= 11 is 0. The number of carbonyl (C=O) groups is 1. The molecule has 20 heavy (non-hydrogen) atoms. The number of hydrogen-bond acceptors (Lipinski definition) is 3. The molecule has 3 N–H and O–H groups in total. The summed E-state index contributed by atoms with van der Waals surface area (Å²) in [6.07, 6.45) is 0. The topological polar surface area (TPSA) is 64.3 Å². The highest BCUT2D eigenvalue weighted by atomic mass is 35.5. The number of fused-ring (bicyclic) bond motifs is 1. The van der Waals surface area contributed by atoms with Gasteiger partial charge in [-0.25, -0.2) is 0 Å². The average Bonchev–Trinajstić information content (AvgIpc) is 2.59. The second kappa shape index (κ2) is 5.94. The molecule has 2 aromatic rings. The maximum absolute atomic E-state index is 11.7. The zero-order valence-electron chi connectivity index (χ0n) is 10.7. The van der Waals surface area contributed by atoms with Crippen LogP contribution in [-0.4, -0.2) is 18.6 Å². The molecule has 1 aliphatic heterocycles. The van der Waals surface area contributed by atoms with Crippen molar-refractivity contribution in [3.05, 3.63) is 48.5 Å². The van der Waals surface area contributed by atoms with Gasteiger partial charge in [-0.2, -0.15) is 0 Å². The van der Waals surface area contributed by atoms with Gasteiger partial charge in [0.15, 0.2) is 5.75 Å². The molecule has 0 saturated carbocycles. The van der Waals surface area contributed by atoms with Crippen molar-refractivity contribution >= 4 is 24.0 Å². The third kappa shape index (κ3) is 2.61. The number of para-hydroxylation sites is 1. The van der Waals surface area contributed by atoms with Crippen molar-refractivity contribution in [3.8, 4) is 16.9 Å². The SMILES string of the molecule is Cl.N[C@H]1COc2c(cccc2-c2ccccc2)NC1=O. The Labute approximate surface area is 123 Å². The molecule has 1 heterocycles. The zero-order valence-corrected chi connectivity index (χ0v) is 11.5. The first-order valence-corrected chi connectivity index (χ1v) is 6.13. The Morgan fingerprint density at radius 1 is 1.10 bits per heavy atom. The van der Waals surface area contributed by atoms with Crippen LogP contribution >= 0.6 is 12.4 Å². The van der Waals surface area contributed by atoms with Crippen molar-refractivity contribution in [1.82, 2.24) is 0 Å². The number of anilines is 1. The lowest BCUT2D eigenvalue weighted by Crippen LogP contribution is -2.38. The third-order valence-electron chi connectivity index (χ3n) is 3.10. The molecule has 0 aliphatic carbocycles. The van der Waals surface area contributed by atoms with E-state index in [4.69, 9.17) is 10.5 Å². The van der Waals surface area contributed by atoms with Gasteiger partial charge >= 0.3 is 0 Å². The summed E-state index contributed by atoms with van der Waals surface area (Å²) < 4.78 is 5.71. The summed E-state index contributed by atoms with van der Waals surface area (Å²) in [6.45, 7) is 0.183. The molecule has 4 nitrogen and oxygen atoms in total. The van der Waals surface area contributed by atoms with E-state index in [-0.39, 0.29) is 24.9 Å². The Balaban J connectivity index is 0.00000147. The van der Waals surface area contributed by atoms with E-state index in [1.165, 1.54) is 0 Å². The number of carbonyl (C=O) groups excluding carboxylic acids is 1. The van der Waals surface area contributed by atoms with Crippen LogP contribution in [0.4, 0.5) is 5.69 Å². The number of halogens is 1. The summed E-state index contributed by atoms with van der Waals surface area (Å²) in [6, 6.07) is 14.9. The second-order valence-corrected chi connectivity index (χ2v) is 4.46. The van der Waals surface area contributed by atoms with Crippen LogP contribution < -0.4 is 15.8 Å². The fourth-order valence-corrected chi connectivity index (χ4v) is 2.11. The minimum Gasteiger partial charge on any atom is -0.489 e. The summed E-state index contributed by atoms with van der Waals surface area (Å²) in [4.78, 5) is 11.7. The second-order valence-electron chi connectivity index (χ2n) is 4.46. The molecule has 0 bridgehead atoms. The molecule has 0 fully saturated rings. The molecule has 1 atom stereocenters. The Hall–Kier alpha value is -2.04. The highest BCUT2D eigenvalue weighted by Crippen LogP contribution is 2.37. The van der Waals surface area contributed by atoms with Crippen molar-refractivity contribution < 1.29 is 9.53 Å². The van der Waals surface area contributed by atoms with Crippen LogP contribution in [-0.2, 0) is 4.79 Å². The number of rotatable bonds is 1. The number of hydrogen-bond donors (Lipinski definition) is 2. The summed E-state index contributed by atoms with van der Waals surface area (Å²) in [5, 5.41) is 2.79. The number of amides is 1. The van der Waals surface area contributed by atoms with Crippen LogP contribution in [0, 0.1) is 0 Å². The van der Waals surface area contributed by atoms with Gasteiger partial charge in [-0.3, -0.25) is 4.79 Å². The molecule has 1 aliphatic rings. The lowest BCUT2D eigenvalue weighted by atomic mass is 10.0. The first-order chi connectivity index (χ1) is 9.25. The monoisotopic (exact) mass is 290 g/mol. The van der Waals surface area contributed by atoms with E-state index in [1.807, 2.05) is 48.5 Å². The molecule has 0 saturated heterocycles. The van der Waals surface area contributed by atoms with Crippen molar-refractivity contribution in [3.63, 3.8) is 0 Å². The average molecular weight is 291 g/mol. The Bertz CT molecular complexity index is 617. The van der Waals surface area contributed by atoms with Gasteiger partial charge < -0.3 is 15.8 Å². The van der Waals surface area contributed by atoms with Gasteiger partial charge in [-0.1, -0.05) is 42.5 Å². The minimum atomic E-state index is -0.643. The van der Waals surface area contributed by atoms with Gasteiger partial charge in [0.25, 0.3) is 0 Å². The van der Waals surface area contributed by atoms with Crippen molar-refractivity contribution in [2.75, 3.05) is 11.9 Å². The van der Waals surface area contributed by atoms with Crippen LogP contribution in [0.25, 0.3) is 11.1 Å². The van der Waals surface area contributed by atoms with Crippen LogP contribution in [0.5, 0.6) is 5.75 Å². The first-order valence-electron chi connectivity index (χ1n) is 6.13. The Morgan fingerprint density at radius 2 is 1.85 bits per heavy atom. The van der Waals surface area contributed by atoms with E-state index in [2.05, 4.69) is 5.32 Å². The summed E-state index contributed by atoms with van der Waals surface area (Å²) in [7, 11) is 0. The third-order valence-corrected chi connectivity index (χ3v) is 3.10. The normalized spacial score (nSPS) is 17.1. The van der Waals surface area contributed by atoms with Crippen molar-refractivity contribution in [2.45, 2.75) is 6.04 Å². The Morgan fingerprint density at radius 3 is 2.60 bits per heavy atom.